The molecule has 0 bridgehead atoms. The Bertz CT molecular complexity index is 439. The third-order valence-corrected chi connectivity index (χ3v) is 2.06. The zero-order valence-electron chi connectivity index (χ0n) is 7.48. The summed E-state index contributed by atoms with van der Waals surface area (Å²) < 4.78 is 2.59. The van der Waals surface area contributed by atoms with Gasteiger partial charge < -0.3 is 5.32 Å². The van der Waals surface area contributed by atoms with E-state index in [1.807, 2.05) is 6.20 Å². The van der Waals surface area contributed by atoms with Crippen LogP contribution in [0.15, 0.2) is 29.1 Å². The van der Waals surface area contributed by atoms with E-state index in [0.29, 0.717) is 5.95 Å². The third kappa shape index (κ3) is 1.74. The average molecular weight is 254 g/mol. The fourth-order valence-corrected chi connectivity index (χ4v) is 1.31. The lowest BCUT2D eigenvalue weighted by Crippen LogP contribution is -2.02. The van der Waals surface area contributed by atoms with Crippen molar-refractivity contribution in [3.8, 4) is 5.82 Å². The highest BCUT2D eigenvalue weighted by Crippen LogP contribution is 2.10. The van der Waals surface area contributed by atoms with Crippen LogP contribution in [0.5, 0.6) is 0 Å². The number of anilines is 1. The van der Waals surface area contributed by atoms with Crippen molar-refractivity contribution in [2.45, 2.75) is 0 Å². The fraction of sp³-hybridized carbons (Fsp3) is 0.125. The molecule has 0 radical (unpaired) electrons. The molecule has 2 heterocycles. The van der Waals surface area contributed by atoms with Crippen LogP contribution in [0.3, 0.4) is 0 Å². The lowest BCUT2D eigenvalue weighted by molar-refractivity contribution is 0.841. The van der Waals surface area contributed by atoms with Crippen molar-refractivity contribution in [1.29, 1.82) is 0 Å². The fourth-order valence-electron chi connectivity index (χ4n) is 1.02. The maximum absolute atomic E-state index is 4.23. The number of nitrogens with one attached hydrogen (secondary N) is 1. The number of hydrogen-bond donors (Lipinski definition) is 1. The van der Waals surface area contributed by atoms with Gasteiger partial charge in [0.05, 0.1) is 10.7 Å². The Morgan fingerprint density at radius 1 is 1.50 bits per heavy atom. The second kappa shape index (κ2) is 3.75. The first-order valence-electron chi connectivity index (χ1n) is 4.01. The molecule has 0 atom stereocenters. The largest absolute Gasteiger partial charge is 0.357 e. The van der Waals surface area contributed by atoms with Crippen LogP contribution in [0.1, 0.15) is 0 Å². The van der Waals surface area contributed by atoms with Crippen LogP contribution < -0.4 is 5.32 Å². The number of nitrogens with zero attached hydrogens (tertiary/aromatic N) is 4. The first-order valence-corrected chi connectivity index (χ1v) is 4.80. The number of hydrogen-bond acceptors (Lipinski definition) is 4. The highest BCUT2D eigenvalue weighted by molar-refractivity contribution is 9.10. The van der Waals surface area contributed by atoms with Crippen molar-refractivity contribution in [2.75, 3.05) is 12.4 Å². The number of halogens is 1. The molecular formula is C8H8BrN5. The monoisotopic (exact) mass is 253 g/mol. The Labute approximate surface area is 89.3 Å². The molecule has 2 rings (SSSR count). The van der Waals surface area contributed by atoms with Gasteiger partial charge in [-0.1, -0.05) is 0 Å². The second-order valence-corrected chi connectivity index (χ2v) is 3.51. The summed E-state index contributed by atoms with van der Waals surface area (Å²) >= 11 is 3.32. The van der Waals surface area contributed by atoms with E-state index in [0.717, 1.165) is 10.3 Å². The Balaban J connectivity index is 2.41. The molecular weight excluding hydrogens is 246 g/mol. The van der Waals surface area contributed by atoms with Crippen LogP contribution >= 0.6 is 15.9 Å². The second-order valence-electron chi connectivity index (χ2n) is 2.59. The first-order chi connectivity index (χ1) is 6.79. The summed E-state index contributed by atoms with van der Waals surface area (Å²) in [6.45, 7) is 0. The molecule has 14 heavy (non-hydrogen) atoms. The van der Waals surface area contributed by atoms with Crippen LogP contribution in [0, 0.1) is 0 Å². The summed E-state index contributed by atoms with van der Waals surface area (Å²) in [5.74, 6) is 1.31. The van der Waals surface area contributed by atoms with E-state index in [4.69, 9.17) is 0 Å². The predicted octanol–water partition coefficient (Wildman–Crippen LogP) is 1.47. The van der Waals surface area contributed by atoms with Crippen LogP contribution in [0.2, 0.25) is 0 Å². The lowest BCUT2D eigenvalue weighted by atomic mass is 10.6. The van der Waals surface area contributed by atoms with E-state index < -0.39 is 0 Å². The average Bonchev–Trinajstić information content (AvgIpc) is 2.65. The normalized spacial score (nSPS) is 10.1. The molecule has 0 amide bonds. The smallest absolute Gasteiger partial charge is 0.224 e. The molecule has 0 aliphatic rings. The van der Waals surface area contributed by atoms with Crippen molar-refractivity contribution in [2.24, 2.45) is 0 Å². The van der Waals surface area contributed by atoms with Gasteiger partial charge in [0.15, 0.2) is 5.82 Å². The zero-order valence-corrected chi connectivity index (χ0v) is 9.06. The van der Waals surface area contributed by atoms with Gasteiger partial charge in [-0.25, -0.2) is 9.67 Å². The van der Waals surface area contributed by atoms with Crippen LogP contribution in [0.25, 0.3) is 5.82 Å². The molecule has 1 N–H and O–H groups in total. The van der Waals surface area contributed by atoms with E-state index in [-0.39, 0.29) is 0 Å². The van der Waals surface area contributed by atoms with Crippen molar-refractivity contribution in [3.63, 3.8) is 0 Å². The van der Waals surface area contributed by atoms with Crippen LogP contribution in [0.4, 0.5) is 5.95 Å². The maximum Gasteiger partial charge on any atom is 0.224 e. The molecule has 0 aliphatic heterocycles. The topological polar surface area (TPSA) is 55.6 Å². The summed E-state index contributed by atoms with van der Waals surface area (Å²) in [6.07, 6.45) is 5.23. The van der Waals surface area contributed by atoms with Gasteiger partial charge in [-0.15, -0.1) is 0 Å². The molecule has 0 unspecified atom stereocenters. The molecule has 6 heteroatoms. The maximum atomic E-state index is 4.23. The highest BCUT2D eigenvalue weighted by Gasteiger charge is 2.01. The van der Waals surface area contributed by atoms with E-state index in [1.165, 1.54) is 0 Å². The SMILES string of the molecule is CNc1nccc(-n2cc(Br)cn2)n1. The van der Waals surface area contributed by atoms with Gasteiger partial charge in [0.25, 0.3) is 0 Å². The summed E-state index contributed by atoms with van der Waals surface area (Å²) in [4.78, 5) is 8.25. The molecule has 0 saturated carbocycles. The number of aromatic nitrogens is 4. The Morgan fingerprint density at radius 3 is 3.00 bits per heavy atom. The molecule has 2 aromatic heterocycles. The Morgan fingerprint density at radius 2 is 2.36 bits per heavy atom. The minimum atomic E-state index is 0.578. The van der Waals surface area contributed by atoms with Crippen LogP contribution in [-0.4, -0.2) is 26.8 Å². The molecule has 0 aliphatic carbocycles. The van der Waals surface area contributed by atoms with Gasteiger partial charge >= 0.3 is 0 Å². The van der Waals surface area contributed by atoms with Gasteiger partial charge in [0.1, 0.15) is 0 Å². The van der Waals surface area contributed by atoms with E-state index >= 15 is 0 Å². The quantitative estimate of drug-likeness (QED) is 0.881. The van der Waals surface area contributed by atoms with Gasteiger partial charge in [0, 0.05) is 25.5 Å². The van der Waals surface area contributed by atoms with E-state index in [1.54, 1.807) is 30.2 Å². The Kier molecular flexibility index (Phi) is 2.45. The minimum absolute atomic E-state index is 0.578. The van der Waals surface area contributed by atoms with E-state index in [9.17, 15) is 0 Å². The number of rotatable bonds is 2. The van der Waals surface area contributed by atoms with Gasteiger partial charge in [0.2, 0.25) is 5.95 Å². The standard InChI is InChI=1S/C8H8BrN5/c1-10-8-11-3-2-7(13-8)14-5-6(9)4-12-14/h2-5H,1H3,(H,10,11,13). The summed E-state index contributed by atoms with van der Waals surface area (Å²) in [6, 6.07) is 1.79. The zero-order chi connectivity index (χ0) is 9.97. The molecule has 72 valence electrons. The molecule has 0 spiro atoms. The van der Waals surface area contributed by atoms with Crippen molar-refractivity contribution >= 4 is 21.9 Å². The third-order valence-electron chi connectivity index (χ3n) is 1.65. The van der Waals surface area contributed by atoms with E-state index in [2.05, 4.69) is 36.3 Å². The van der Waals surface area contributed by atoms with Crippen molar-refractivity contribution in [1.82, 2.24) is 19.7 Å². The summed E-state index contributed by atoms with van der Waals surface area (Å²) in [5, 5.41) is 6.98. The molecule has 0 saturated heterocycles. The van der Waals surface area contributed by atoms with Gasteiger partial charge in [-0.2, -0.15) is 10.1 Å². The lowest BCUT2D eigenvalue weighted by Gasteiger charge is -2.01. The molecule has 5 nitrogen and oxygen atoms in total. The summed E-state index contributed by atoms with van der Waals surface area (Å²) in [5.41, 5.74) is 0. The first kappa shape index (κ1) is 9.14. The van der Waals surface area contributed by atoms with Gasteiger partial charge in [-0.05, 0) is 15.9 Å². The molecule has 2 aromatic rings. The minimum Gasteiger partial charge on any atom is -0.357 e. The Hall–Kier alpha value is -1.43. The molecule has 0 aromatic carbocycles. The van der Waals surface area contributed by atoms with Crippen molar-refractivity contribution in [3.05, 3.63) is 29.1 Å². The molecule has 0 fully saturated rings. The van der Waals surface area contributed by atoms with Gasteiger partial charge in [-0.3, -0.25) is 0 Å². The summed E-state index contributed by atoms with van der Waals surface area (Å²) in [7, 11) is 1.78. The van der Waals surface area contributed by atoms with Crippen molar-refractivity contribution < 1.29 is 0 Å². The highest BCUT2D eigenvalue weighted by atomic mass is 79.9. The predicted molar refractivity (Wildman–Crippen MR) is 56.4 cm³/mol. The van der Waals surface area contributed by atoms with Crippen LogP contribution in [-0.2, 0) is 0 Å².